The van der Waals surface area contributed by atoms with E-state index in [0.717, 1.165) is 12.0 Å². The molecule has 0 fully saturated rings. The van der Waals surface area contributed by atoms with Crippen LogP contribution in [0.25, 0.3) is 5.52 Å². The van der Waals surface area contributed by atoms with Gasteiger partial charge >= 0.3 is 0 Å². The van der Waals surface area contributed by atoms with Gasteiger partial charge in [-0.1, -0.05) is 37.6 Å². The lowest BCUT2D eigenvalue weighted by atomic mass is 10.1. The maximum Gasteiger partial charge on any atom is 0.292 e. The second-order valence-electron chi connectivity index (χ2n) is 7.10. The lowest BCUT2D eigenvalue weighted by Crippen LogP contribution is -2.26. The highest BCUT2D eigenvalue weighted by Crippen LogP contribution is 2.21. The number of imidazole rings is 1. The number of pyridine rings is 1. The van der Waals surface area contributed by atoms with E-state index in [1.807, 2.05) is 19.1 Å². The average molecular weight is 399 g/mol. The van der Waals surface area contributed by atoms with E-state index < -0.39 is 5.91 Å². The molecule has 2 amide bonds. The summed E-state index contributed by atoms with van der Waals surface area (Å²) < 4.78 is 1.61. The summed E-state index contributed by atoms with van der Waals surface area (Å²) in [5, 5.41) is 6.23. The molecule has 6 nitrogen and oxygen atoms in total. The second kappa shape index (κ2) is 8.44. The molecule has 2 aromatic heterocycles. The predicted octanol–water partition coefficient (Wildman–Crippen LogP) is 4.32. The van der Waals surface area contributed by atoms with Gasteiger partial charge in [0.2, 0.25) is 5.82 Å². The summed E-state index contributed by atoms with van der Waals surface area (Å²) in [6.07, 6.45) is 2.59. The number of benzene rings is 1. The minimum Gasteiger partial charge on any atom is -0.351 e. The maximum atomic E-state index is 12.8. The Kier molecular flexibility index (Phi) is 5.99. The summed E-state index contributed by atoms with van der Waals surface area (Å²) in [6, 6.07) is 10.6. The van der Waals surface area contributed by atoms with E-state index in [4.69, 9.17) is 11.6 Å². The molecule has 0 aliphatic heterocycles. The molecule has 0 bridgehead atoms. The van der Waals surface area contributed by atoms with Gasteiger partial charge in [0.05, 0.1) is 5.52 Å². The molecule has 28 heavy (non-hydrogen) atoms. The van der Waals surface area contributed by atoms with Crippen LogP contribution in [0.15, 0.2) is 42.6 Å². The van der Waals surface area contributed by atoms with Gasteiger partial charge in [-0.15, -0.1) is 0 Å². The molecule has 0 unspecified atom stereocenters. The molecule has 3 rings (SSSR count). The van der Waals surface area contributed by atoms with E-state index in [1.165, 1.54) is 0 Å². The van der Waals surface area contributed by atoms with E-state index in [1.54, 1.807) is 34.9 Å². The van der Waals surface area contributed by atoms with Crippen molar-refractivity contribution in [3.8, 4) is 0 Å². The topological polar surface area (TPSA) is 75.5 Å². The number of nitrogens with zero attached hydrogens (tertiary/aromatic N) is 2. The first-order valence-corrected chi connectivity index (χ1v) is 9.57. The van der Waals surface area contributed by atoms with E-state index >= 15 is 0 Å². The zero-order chi connectivity index (χ0) is 20.3. The van der Waals surface area contributed by atoms with E-state index in [0.29, 0.717) is 28.7 Å². The van der Waals surface area contributed by atoms with Gasteiger partial charge in [0.1, 0.15) is 0 Å². The quantitative estimate of drug-likeness (QED) is 0.649. The molecule has 7 heteroatoms. The SMILES string of the molecule is Cc1ccc(NC(=O)c2nc(C(=O)NCCC(C)C)c3ccccn23)cc1Cl. The first-order valence-electron chi connectivity index (χ1n) is 9.19. The Bertz CT molecular complexity index is 1030. The number of aryl methyl sites for hydroxylation is 1. The summed E-state index contributed by atoms with van der Waals surface area (Å²) >= 11 is 6.13. The Labute approximate surface area is 168 Å². The number of fused-ring (bicyclic) bond motifs is 1. The molecule has 0 spiro atoms. The second-order valence-corrected chi connectivity index (χ2v) is 7.50. The van der Waals surface area contributed by atoms with E-state index in [2.05, 4.69) is 29.5 Å². The lowest BCUT2D eigenvalue weighted by molar-refractivity contribution is 0.0949. The summed E-state index contributed by atoms with van der Waals surface area (Å²) in [5.74, 6) is -0.0767. The van der Waals surface area contributed by atoms with Gasteiger partial charge in [-0.2, -0.15) is 0 Å². The van der Waals surface area contributed by atoms with Crippen molar-refractivity contribution in [2.45, 2.75) is 27.2 Å². The molecule has 0 aliphatic carbocycles. The van der Waals surface area contributed by atoms with Crippen LogP contribution < -0.4 is 10.6 Å². The largest absolute Gasteiger partial charge is 0.351 e. The van der Waals surface area contributed by atoms with Gasteiger partial charge in [-0.3, -0.25) is 14.0 Å². The third-order valence-electron chi connectivity index (χ3n) is 4.40. The number of hydrogen-bond donors (Lipinski definition) is 2. The summed E-state index contributed by atoms with van der Waals surface area (Å²) in [7, 11) is 0. The van der Waals surface area contributed by atoms with Crippen LogP contribution in [0.4, 0.5) is 5.69 Å². The van der Waals surface area contributed by atoms with Gasteiger partial charge in [-0.25, -0.2) is 4.98 Å². The summed E-state index contributed by atoms with van der Waals surface area (Å²) in [6.45, 7) is 6.64. The van der Waals surface area contributed by atoms with Crippen LogP contribution in [0.2, 0.25) is 5.02 Å². The number of nitrogens with one attached hydrogen (secondary N) is 2. The monoisotopic (exact) mass is 398 g/mol. The molecule has 0 aliphatic rings. The van der Waals surface area contributed by atoms with Crippen LogP contribution in [-0.4, -0.2) is 27.7 Å². The number of aromatic nitrogens is 2. The number of anilines is 1. The molecule has 2 N–H and O–H groups in total. The molecule has 0 atom stereocenters. The number of halogens is 1. The molecular weight excluding hydrogens is 376 g/mol. The molecule has 0 saturated carbocycles. The fourth-order valence-electron chi connectivity index (χ4n) is 2.78. The Morgan fingerprint density at radius 1 is 1.18 bits per heavy atom. The molecule has 146 valence electrons. The van der Waals surface area contributed by atoms with Crippen molar-refractivity contribution >= 4 is 34.6 Å². The van der Waals surface area contributed by atoms with Crippen LogP contribution in [0.1, 0.15) is 46.9 Å². The van der Waals surface area contributed by atoms with Gasteiger partial charge < -0.3 is 10.6 Å². The zero-order valence-corrected chi connectivity index (χ0v) is 16.9. The van der Waals surface area contributed by atoms with Gasteiger partial charge in [0.25, 0.3) is 11.8 Å². The third kappa shape index (κ3) is 4.34. The number of amides is 2. The Hall–Kier alpha value is -2.86. The molecule has 2 heterocycles. The molecule has 0 radical (unpaired) electrons. The average Bonchev–Trinajstić information content (AvgIpc) is 3.04. The number of hydrogen-bond acceptors (Lipinski definition) is 3. The Balaban J connectivity index is 1.87. The van der Waals surface area contributed by atoms with Crippen LogP contribution in [-0.2, 0) is 0 Å². The van der Waals surface area contributed by atoms with E-state index in [-0.39, 0.29) is 17.4 Å². The molecule has 0 saturated heterocycles. The predicted molar refractivity (Wildman–Crippen MR) is 111 cm³/mol. The lowest BCUT2D eigenvalue weighted by Gasteiger charge is -2.06. The highest BCUT2D eigenvalue weighted by molar-refractivity contribution is 6.31. The number of rotatable bonds is 6. The van der Waals surface area contributed by atoms with Crippen molar-refractivity contribution < 1.29 is 9.59 Å². The molecule has 1 aromatic carbocycles. The van der Waals surface area contributed by atoms with Crippen molar-refractivity contribution in [1.82, 2.24) is 14.7 Å². The van der Waals surface area contributed by atoms with Gasteiger partial charge in [0, 0.05) is 23.5 Å². The summed E-state index contributed by atoms with van der Waals surface area (Å²) in [4.78, 5) is 29.7. The fraction of sp³-hybridized carbons (Fsp3) is 0.286. The Morgan fingerprint density at radius 2 is 1.96 bits per heavy atom. The standard InChI is InChI=1S/C21H23ClN4O2/c1-13(2)9-10-23-20(27)18-17-6-4-5-11-26(17)19(25-18)21(28)24-15-8-7-14(3)16(22)12-15/h4-8,11-13H,9-10H2,1-3H3,(H,23,27)(H,24,28). The van der Waals surface area contributed by atoms with Crippen molar-refractivity contribution in [3.63, 3.8) is 0 Å². The zero-order valence-electron chi connectivity index (χ0n) is 16.1. The van der Waals surface area contributed by atoms with Crippen molar-refractivity contribution in [1.29, 1.82) is 0 Å². The van der Waals surface area contributed by atoms with Crippen LogP contribution in [0.3, 0.4) is 0 Å². The molecular formula is C21H23ClN4O2. The Morgan fingerprint density at radius 3 is 2.68 bits per heavy atom. The van der Waals surface area contributed by atoms with Crippen molar-refractivity contribution in [3.05, 3.63) is 64.7 Å². The first-order chi connectivity index (χ1) is 13.4. The van der Waals surface area contributed by atoms with Gasteiger partial charge in [-0.05, 0) is 49.1 Å². The fourth-order valence-corrected chi connectivity index (χ4v) is 2.96. The van der Waals surface area contributed by atoms with Crippen LogP contribution in [0, 0.1) is 12.8 Å². The minimum atomic E-state index is -0.414. The minimum absolute atomic E-state index is 0.140. The van der Waals surface area contributed by atoms with Gasteiger partial charge in [0.15, 0.2) is 5.69 Å². The summed E-state index contributed by atoms with van der Waals surface area (Å²) in [5.41, 5.74) is 2.30. The van der Waals surface area contributed by atoms with Crippen LogP contribution >= 0.6 is 11.6 Å². The molecule has 3 aromatic rings. The van der Waals surface area contributed by atoms with E-state index in [9.17, 15) is 9.59 Å². The highest BCUT2D eigenvalue weighted by Gasteiger charge is 2.21. The third-order valence-corrected chi connectivity index (χ3v) is 4.81. The smallest absolute Gasteiger partial charge is 0.292 e. The van der Waals surface area contributed by atoms with Crippen molar-refractivity contribution in [2.75, 3.05) is 11.9 Å². The van der Waals surface area contributed by atoms with Crippen molar-refractivity contribution in [2.24, 2.45) is 5.92 Å². The normalized spacial score (nSPS) is 11.0. The number of carbonyl (C=O) groups is 2. The highest BCUT2D eigenvalue weighted by atomic mass is 35.5. The first kappa shape index (κ1) is 19.9. The number of carbonyl (C=O) groups excluding carboxylic acids is 2. The van der Waals surface area contributed by atoms with Crippen LogP contribution in [0.5, 0.6) is 0 Å². The maximum absolute atomic E-state index is 12.8.